The van der Waals surface area contributed by atoms with Crippen LogP contribution < -0.4 is 0 Å². The smallest absolute Gasteiger partial charge is 0.114 e. The van der Waals surface area contributed by atoms with Crippen LogP contribution in [0.5, 0.6) is 0 Å². The van der Waals surface area contributed by atoms with Gasteiger partial charge in [0, 0.05) is 12.1 Å². The van der Waals surface area contributed by atoms with Crippen LogP contribution >= 0.6 is 0 Å². The lowest BCUT2D eigenvalue weighted by atomic mass is 10.2. The van der Waals surface area contributed by atoms with E-state index in [1.165, 1.54) is 5.71 Å². The number of hydrogen-bond donors (Lipinski definition) is 0. The second-order valence-corrected chi connectivity index (χ2v) is 2.16. The molecule has 2 heteroatoms. The fourth-order valence-corrected chi connectivity index (χ4v) is 0.770. The Morgan fingerprint density at radius 1 is 1.56 bits per heavy atom. The van der Waals surface area contributed by atoms with Crippen molar-refractivity contribution in [2.45, 2.75) is 19.8 Å². The first kappa shape index (κ1) is 6.33. The molecule has 0 spiro atoms. The van der Waals surface area contributed by atoms with Crippen molar-refractivity contribution in [2.24, 2.45) is 4.99 Å². The van der Waals surface area contributed by atoms with Crippen LogP contribution in [-0.4, -0.2) is 12.8 Å². The van der Waals surface area contributed by atoms with E-state index in [1.54, 1.807) is 13.3 Å². The van der Waals surface area contributed by atoms with Crippen molar-refractivity contribution < 1.29 is 4.74 Å². The van der Waals surface area contributed by atoms with Gasteiger partial charge in [-0.1, -0.05) is 0 Å². The zero-order valence-corrected chi connectivity index (χ0v) is 5.85. The lowest BCUT2D eigenvalue weighted by Gasteiger charge is -2.08. The lowest BCUT2D eigenvalue weighted by Crippen LogP contribution is -1.99. The van der Waals surface area contributed by atoms with Gasteiger partial charge in [-0.25, -0.2) is 0 Å². The Labute approximate surface area is 55.2 Å². The number of methoxy groups -OCH3 is 1. The summed E-state index contributed by atoms with van der Waals surface area (Å²) in [6.07, 6.45) is 3.84. The summed E-state index contributed by atoms with van der Waals surface area (Å²) in [4.78, 5) is 4.11. The summed E-state index contributed by atoms with van der Waals surface area (Å²) >= 11 is 0. The minimum Gasteiger partial charge on any atom is -0.499 e. The first-order valence-electron chi connectivity index (χ1n) is 3.09. The molecule has 9 heavy (non-hydrogen) atoms. The fraction of sp³-hybridized carbons (Fsp3) is 0.571. The van der Waals surface area contributed by atoms with Gasteiger partial charge >= 0.3 is 0 Å². The molecule has 0 fully saturated rings. The van der Waals surface area contributed by atoms with Gasteiger partial charge in [-0.2, -0.15) is 0 Å². The summed E-state index contributed by atoms with van der Waals surface area (Å²) in [7, 11) is 1.68. The summed E-state index contributed by atoms with van der Waals surface area (Å²) in [6, 6.07) is 0. The maximum absolute atomic E-state index is 4.99. The summed E-state index contributed by atoms with van der Waals surface area (Å²) < 4.78 is 4.99. The highest BCUT2D eigenvalue weighted by Crippen LogP contribution is 2.11. The molecule has 1 heterocycles. The van der Waals surface area contributed by atoms with Gasteiger partial charge in [-0.05, 0) is 13.3 Å². The summed E-state index contributed by atoms with van der Waals surface area (Å²) in [5.41, 5.74) is 1.19. The predicted octanol–water partition coefficient (Wildman–Crippen LogP) is 1.73. The Balaban J connectivity index is 2.59. The molecule has 0 aliphatic carbocycles. The highest BCUT2D eigenvalue weighted by molar-refractivity contribution is 5.83. The number of ether oxygens (including phenoxy) is 1. The first-order valence-corrected chi connectivity index (χ1v) is 3.09. The van der Waals surface area contributed by atoms with Gasteiger partial charge in [0.2, 0.25) is 0 Å². The largest absolute Gasteiger partial charge is 0.499 e. The Morgan fingerprint density at radius 3 is 2.78 bits per heavy atom. The number of rotatable bonds is 1. The van der Waals surface area contributed by atoms with Crippen LogP contribution in [0, 0.1) is 0 Å². The molecule has 0 radical (unpaired) electrons. The molecule has 0 amide bonds. The number of nitrogens with zero attached hydrogens (tertiary/aromatic N) is 1. The monoisotopic (exact) mass is 125 g/mol. The highest BCUT2D eigenvalue weighted by atomic mass is 16.5. The maximum atomic E-state index is 4.99. The lowest BCUT2D eigenvalue weighted by molar-refractivity contribution is 0.276. The molecule has 2 nitrogen and oxygen atoms in total. The van der Waals surface area contributed by atoms with Crippen LogP contribution in [0.3, 0.4) is 0 Å². The Morgan fingerprint density at radius 2 is 2.33 bits per heavy atom. The Kier molecular flexibility index (Phi) is 1.88. The third-order valence-corrected chi connectivity index (χ3v) is 1.42. The Hall–Kier alpha value is -0.790. The van der Waals surface area contributed by atoms with Crippen molar-refractivity contribution in [3.8, 4) is 0 Å². The van der Waals surface area contributed by atoms with Crippen LogP contribution in [0.4, 0.5) is 0 Å². The second kappa shape index (κ2) is 2.67. The molecular weight excluding hydrogens is 114 g/mol. The molecular formula is C7H11NO. The summed E-state index contributed by atoms with van der Waals surface area (Å²) in [5.74, 6) is 0.987. The SMILES string of the molecule is COC1=CN=C(C)CC1. The number of hydrogen-bond acceptors (Lipinski definition) is 2. The average Bonchev–Trinajstić information content (AvgIpc) is 1.90. The molecule has 1 aliphatic heterocycles. The van der Waals surface area contributed by atoms with E-state index in [0.29, 0.717) is 0 Å². The molecule has 0 aromatic heterocycles. The van der Waals surface area contributed by atoms with E-state index < -0.39 is 0 Å². The fourth-order valence-electron chi connectivity index (χ4n) is 0.770. The van der Waals surface area contributed by atoms with E-state index in [-0.39, 0.29) is 0 Å². The van der Waals surface area contributed by atoms with E-state index in [9.17, 15) is 0 Å². The van der Waals surface area contributed by atoms with Gasteiger partial charge in [0.1, 0.15) is 5.76 Å². The van der Waals surface area contributed by atoms with Gasteiger partial charge in [0.05, 0.1) is 13.3 Å². The second-order valence-electron chi connectivity index (χ2n) is 2.16. The third kappa shape index (κ3) is 1.56. The first-order chi connectivity index (χ1) is 4.33. The molecule has 0 aromatic rings. The van der Waals surface area contributed by atoms with Crippen molar-refractivity contribution in [1.82, 2.24) is 0 Å². The normalized spacial score (nSPS) is 18.4. The van der Waals surface area contributed by atoms with Crippen molar-refractivity contribution >= 4 is 5.71 Å². The van der Waals surface area contributed by atoms with Crippen molar-refractivity contribution in [3.63, 3.8) is 0 Å². The minimum atomic E-state index is 0.987. The van der Waals surface area contributed by atoms with Crippen LogP contribution in [0.15, 0.2) is 17.0 Å². The van der Waals surface area contributed by atoms with Crippen molar-refractivity contribution in [2.75, 3.05) is 7.11 Å². The van der Waals surface area contributed by atoms with Gasteiger partial charge in [0.25, 0.3) is 0 Å². The van der Waals surface area contributed by atoms with Crippen LogP contribution in [0.2, 0.25) is 0 Å². The average molecular weight is 125 g/mol. The number of allylic oxidation sites excluding steroid dienone is 1. The highest BCUT2D eigenvalue weighted by Gasteiger charge is 2.02. The molecule has 0 aromatic carbocycles. The molecule has 0 N–H and O–H groups in total. The van der Waals surface area contributed by atoms with Crippen LogP contribution in [0.1, 0.15) is 19.8 Å². The quantitative estimate of drug-likeness (QED) is 0.523. The molecule has 1 rings (SSSR count). The van der Waals surface area contributed by atoms with Gasteiger partial charge in [-0.15, -0.1) is 0 Å². The zero-order valence-electron chi connectivity index (χ0n) is 5.85. The molecule has 1 aliphatic rings. The van der Waals surface area contributed by atoms with Gasteiger partial charge in [-0.3, -0.25) is 4.99 Å². The molecule has 50 valence electrons. The van der Waals surface area contributed by atoms with Gasteiger partial charge < -0.3 is 4.74 Å². The van der Waals surface area contributed by atoms with Gasteiger partial charge in [0.15, 0.2) is 0 Å². The van der Waals surface area contributed by atoms with Crippen LogP contribution in [-0.2, 0) is 4.74 Å². The maximum Gasteiger partial charge on any atom is 0.114 e. The van der Waals surface area contributed by atoms with E-state index in [4.69, 9.17) is 4.74 Å². The van der Waals surface area contributed by atoms with Crippen LogP contribution in [0.25, 0.3) is 0 Å². The van der Waals surface area contributed by atoms with E-state index in [0.717, 1.165) is 18.6 Å². The molecule has 0 atom stereocenters. The molecule has 0 saturated heterocycles. The van der Waals surface area contributed by atoms with E-state index >= 15 is 0 Å². The predicted molar refractivity (Wildman–Crippen MR) is 37.4 cm³/mol. The topological polar surface area (TPSA) is 21.6 Å². The molecule has 0 unspecified atom stereocenters. The molecule has 0 saturated carbocycles. The number of aliphatic imine (C=N–C) groups is 1. The standard InChI is InChI=1S/C7H11NO/c1-6-3-4-7(9-2)5-8-6/h5H,3-4H2,1-2H3. The Bertz CT molecular complexity index is 158. The van der Waals surface area contributed by atoms with E-state index in [1.807, 2.05) is 6.92 Å². The van der Waals surface area contributed by atoms with Crippen molar-refractivity contribution in [1.29, 1.82) is 0 Å². The summed E-state index contributed by atoms with van der Waals surface area (Å²) in [5, 5.41) is 0. The van der Waals surface area contributed by atoms with E-state index in [2.05, 4.69) is 4.99 Å². The molecule has 0 bridgehead atoms. The van der Waals surface area contributed by atoms with Crippen molar-refractivity contribution in [3.05, 3.63) is 12.0 Å². The summed E-state index contributed by atoms with van der Waals surface area (Å²) in [6.45, 7) is 2.03. The zero-order chi connectivity index (χ0) is 6.69. The minimum absolute atomic E-state index is 0.987. The third-order valence-electron chi connectivity index (χ3n) is 1.42.